The minimum atomic E-state index is -0.368. The van der Waals surface area contributed by atoms with Crippen molar-refractivity contribution in [3.05, 3.63) is 16.3 Å². The van der Waals surface area contributed by atoms with Crippen molar-refractivity contribution in [3.8, 4) is 0 Å². The van der Waals surface area contributed by atoms with Crippen molar-refractivity contribution in [2.75, 3.05) is 6.54 Å². The second kappa shape index (κ2) is 5.20. The molecule has 0 aromatic carbocycles. The topological polar surface area (TPSA) is 86.1 Å². The van der Waals surface area contributed by atoms with Gasteiger partial charge in [0.05, 0.1) is 6.10 Å². The first-order valence-corrected chi connectivity index (χ1v) is 5.52. The van der Waals surface area contributed by atoms with Crippen molar-refractivity contribution in [1.29, 1.82) is 0 Å². The fourth-order valence-electron chi connectivity index (χ4n) is 2.50. The zero-order valence-corrected chi connectivity index (χ0v) is 10.9. The smallest absolute Gasteiger partial charge is 0.345 e. The number of halogens is 1. The van der Waals surface area contributed by atoms with Gasteiger partial charge < -0.3 is 10.8 Å². The molecule has 0 spiro atoms. The molecule has 3 atom stereocenters. The molecule has 1 heterocycles. The van der Waals surface area contributed by atoms with Crippen LogP contribution in [0.15, 0.2) is 4.79 Å². The van der Waals surface area contributed by atoms with Crippen molar-refractivity contribution in [2.24, 2.45) is 25.7 Å². The molecule has 3 N–H and O–H groups in total. The molecule has 7 heteroatoms. The van der Waals surface area contributed by atoms with E-state index in [9.17, 15) is 9.90 Å². The van der Waals surface area contributed by atoms with E-state index in [2.05, 4.69) is 5.10 Å². The molecule has 2 rings (SSSR count). The summed E-state index contributed by atoms with van der Waals surface area (Å²) >= 11 is 0. The van der Waals surface area contributed by atoms with E-state index in [4.69, 9.17) is 5.73 Å². The fourth-order valence-corrected chi connectivity index (χ4v) is 2.50. The van der Waals surface area contributed by atoms with E-state index in [1.165, 1.54) is 4.68 Å². The van der Waals surface area contributed by atoms with Crippen LogP contribution in [0.2, 0.25) is 0 Å². The fraction of sp³-hybridized carbons (Fsp3) is 0.800. The van der Waals surface area contributed by atoms with Crippen molar-refractivity contribution < 1.29 is 5.11 Å². The number of nitrogens with zero attached hydrogens (tertiary/aromatic N) is 3. The first kappa shape index (κ1) is 14.2. The van der Waals surface area contributed by atoms with E-state index in [0.29, 0.717) is 13.0 Å². The Balaban J connectivity index is 0.00000144. The summed E-state index contributed by atoms with van der Waals surface area (Å²) in [5, 5.41) is 14.0. The molecule has 0 amide bonds. The molecule has 1 aliphatic rings. The standard InChI is InChI=1S/C10H18N4O2.ClH/c1-13-9(12-14(2)10(13)16)6-3-7(5-11)8(15)4-6;/h6-8,15H,3-5,11H2,1-2H3;1H/t6-,7+,8+;/m0./s1. The Morgan fingerprint density at radius 3 is 2.53 bits per heavy atom. The molecule has 1 aromatic rings. The zero-order valence-electron chi connectivity index (χ0n) is 10.0. The third-order valence-corrected chi connectivity index (χ3v) is 3.49. The highest BCUT2D eigenvalue weighted by Crippen LogP contribution is 2.36. The van der Waals surface area contributed by atoms with Gasteiger partial charge >= 0.3 is 5.69 Å². The monoisotopic (exact) mass is 262 g/mol. The maximum absolute atomic E-state index is 11.6. The Hall–Kier alpha value is -0.850. The Bertz CT molecular complexity index is 442. The van der Waals surface area contributed by atoms with Gasteiger partial charge in [-0.3, -0.25) is 4.57 Å². The Morgan fingerprint density at radius 1 is 1.47 bits per heavy atom. The summed E-state index contributed by atoms with van der Waals surface area (Å²) in [6, 6.07) is 0. The number of hydrogen-bond acceptors (Lipinski definition) is 4. The minimum absolute atomic E-state index is 0. The minimum Gasteiger partial charge on any atom is -0.393 e. The van der Waals surface area contributed by atoms with E-state index >= 15 is 0 Å². The lowest BCUT2D eigenvalue weighted by molar-refractivity contribution is 0.136. The first-order chi connectivity index (χ1) is 7.54. The van der Waals surface area contributed by atoms with Gasteiger partial charge in [-0.15, -0.1) is 12.4 Å². The molecule has 0 radical (unpaired) electrons. The summed E-state index contributed by atoms with van der Waals surface area (Å²) in [6.45, 7) is 0.485. The average Bonchev–Trinajstić information content (AvgIpc) is 2.74. The summed E-state index contributed by atoms with van der Waals surface area (Å²) in [4.78, 5) is 11.6. The van der Waals surface area contributed by atoms with Gasteiger partial charge in [0.15, 0.2) is 0 Å². The number of nitrogens with two attached hydrogens (primary N) is 1. The lowest BCUT2D eigenvalue weighted by Crippen LogP contribution is -2.21. The zero-order chi connectivity index (χ0) is 11.9. The Kier molecular flexibility index (Phi) is 4.35. The number of aromatic nitrogens is 3. The normalized spacial score (nSPS) is 28.1. The van der Waals surface area contributed by atoms with Gasteiger partial charge in [-0.2, -0.15) is 5.10 Å². The van der Waals surface area contributed by atoms with Gasteiger partial charge in [-0.25, -0.2) is 9.48 Å². The van der Waals surface area contributed by atoms with Crippen LogP contribution >= 0.6 is 12.4 Å². The Morgan fingerprint density at radius 2 is 2.12 bits per heavy atom. The highest BCUT2D eigenvalue weighted by atomic mass is 35.5. The second-order valence-electron chi connectivity index (χ2n) is 4.55. The maximum Gasteiger partial charge on any atom is 0.345 e. The molecule has 1 saturated carbocycles. The predicted molar refractivity (Wildman–Crippen MR) is 66.2 cm³/mol. The maximum atomic E-state index is 11.6. The van der Waals surface area contributed by atoms with Crippen LogP contribution in [-0.4, -0.2) is 32.1 Å². The summed E-state index contributed by atoms with van der Waals surface area (Å²) < 4.78 is 2.88. The molecule has 1 aliphatic carbocycles. The number of rotatable bonds is 2. The van der Waals surface area contributed by atoms with Crippen LogP contribution in [0.4, 0.5) is 0 Å². The Labute approximate surface area is 106 Å². The third-order valence-electron chi connectivity index (χ3n) is 3.49. The van der Waals surface area contributed by atoms with Gasteiger partial charge in [-0.05, 0) is 25.3 Å². The highest BCUT2D eigenvalue weighted by molar-refractivity contribution is 5.85. The molecule has 1 aromatic heterocycles. The third kappa shape index (κ3) is 2.38. The first-order valence-electron chi connectivity index (χ1n) is 5.52. The lowest BCUT2D eigenvalue weighted by atomic mass is 10.0. The lowest BCUT2D eigenvalue weighted by Gasteiger charge is -2.09. The summed E-state index contributed by atoms with van der Waals surface area (Å²) in [6.07, 6.45) is 1.08. The molecule has 6 nitrogen and oxygen atoms in total. The quantitative estimate of drug-likeness (QED) is 0.742. The molecular weight excluding hydrogens is 244 g/mol. The van der Waals surface area contributed by atoms with E-state index in [-0.39, 0.29) is 36.0 Å². The van der Waals surface area contributed by atoms with Gasteiger partial charge in [-0.1, -0.05) is 0 Å². The van der Waals surface area contributed by atoms with Crippen LogP contribution < -0.4 is 11.4 Å². The number of hydrogen-bond donors (Lipinski definition) is 2. The molecule has 0 saturated heterocycles. The summed E-state index contributed by atoms with van der Waals surface area (Å²) in [7, 11) is 3.35. The van der Waals surface area contributed by atoms with Gasteiger partial charge in [0, 0.05) is 20.0 Å². The van der Waals surface area contributed by atoms with Crippen LogP contribution in [0.1, 0.15) is 24.6 Å². The largest absolute Gasteiger partial charge is 0.393 e. The van der Waals surface area contributed by atoms with Crippen molar-refractivity contribution in [2.45, 2.75) is 24.9 Å². The SMILES string of the molecule is Cl.Cn1nc([C@H]2C[C@H](CN)[C@H](O)C2)n(C)c1=O. The molecular formula is C10H19ClN4O2. The van der Waals surface area contributed by atoms with Crippen LogP contribution in [-0.2, 0) is 14.1 Å². The molecule has 0 bridgehead atoms. The number of aliphatic hydroxyl groups excluding tert-OH is 1. The average molecular weight is 263 g/mol. The van der Waals surface area contributed by atoms with Crippen LogP contribution in [0.25, 0.3) is 0 Å². The van der Waals surface area contributed by atoms with E-state index in [1.54, 1.807) is 18.7 Å². The summed E-state index contributed by atoms with van der Waals surface area (Å²) in [5.74, 6) is 1.02. The van der Waals surface area contributed by atoms with Crippen LogP contribution in [0.5, 0.6) is 0 Å². The van der Waals surface area contributed by atoms with Gasteiger partial charge in [0.1, 0.15) is 5.82 Å². The molecule has 0 unspecified atom stereocenters. The highest BCUT2D eigenvalue weighted by Gasteiger charge is 2.35. The van der Waals surface area contributed by atoms with E-state index in [1.807, 2.05) is 0 Å². The molecule has 98 valence electrons. The van der Waals surface area contributed by atoms with Crippen molar-refractivity contribution in [3.63, 3.8) is 0 Å². The predicted octanol–water partition coefficient (Wildman–Crippen LogP) is -0.646. The van der Waals surface area contributed by atoms with Gasteiger partial charge in [0.2, 0.25) is 0 Å². The van der Waals surface area contributed by atoms with Crippen molar-refractivity contribution >= 4 is 12.4 Å². The van der Waals surface area contributed by atoms with Crippen LogP contribution in [0.3, 0.4) is 0 Å². The molecule has 17 heavy (non-hydrogen) atoms. The molecule has 0 aliphatic heterocycles. The van der Waals surface area contributed by atoms with Crippen LogP contribution in [0, 0.1) is 5.92 Å². The van der Waals surface area contributed by atoms with Crippen molar-refractivity contribution in [1.82, 2.24) is 14.3 Å². The van der Waals surface area contributed by atoms with Gasteiger partial charge in [0.25, 0.3) is 0 Å². The second-order valence-corrected chi connectivity index (χ2v) is 4.55. The number of aryl methyl sites for hydroxylation is 1. The van der Waals surface area contributed by atoms with E-state index < -0.39 is 0 Å². The van der Waals surface area contributed by atoms with E-state index in [0.717, 1.165) is 12.2 Å². The summed E-state index contributed by atoms with van der Waals surface area (Å²) in [5.41, 5.74) is 5.46. The molecule has 1 fully saturated rings. The number of aliphatic hydroxyl groups is 1.